The normalized spacial score (nSPS) is 20.0. The lowest BCUT2D eigenvalue weighted by molar-refractivity contribution is 0.174. The Balaban J connectivity index is 1.59. The van der Waals surface area contributed by atoms with Crippen molar-refractivity contribution < 1.29 is 9.47 Å². The lowest BCUT2D eigenvalue weighted by Gasteiger charge is -2.15. The molecule has 108 valence electrons. The van der Waals surface area contributed by atoms with E-state index in [1.54, 1.807) is 0 Å². The Morgan fingerprint density at radius 3 is 2.76 bits per heavy atom. The fourth-order valence-corrected chi connectivity index (χ4v) is 2.70. The summed E-state index contributed by atoms with van der Waals surface area (Å²) in [5.41, 5.74) is 7.71. The molecule has 6 nitrogen and oxygen atoms in total. The minimum Gasteiger partial charge on any atom is -0.454 e. The average molecular weight is 284 g/mol. The first kappa shape index (κ1) is 12.4. The molecule has 2 aliphatic heterocycles. The zero-order valence-electron chi connectivity index (χ0n) is 11.5. The number of ether oxygens (including phenoxy) is 2. The Kier molecular flexibility index (Phi) is 2.89. The molecule has 0 spiro atoms. The van der Waals surface area contributed by atoms with Crippen molar-refractivity contribution in [1.29, 1.82) is 0 Å². The van der Waals surface area contributed by atoms with Crippen molar-refractivity contribution in [2.75, 3.05) is 24.8 Å². The van der Waals surface area contributed by atoms with Crippen molar-refractivity contribution in [2.45, 2.75) is 12.5 Å². The first-order valence-corrected chi connectivity index (χ1v) is 7.04. The minimum absolute atomic E-state index is 0.236. The first-order chi connectivity index (χ1) is 10.3. The summed E-state index contributed by atoms with van der Waals surface area (Å²) in [6.45, 7) is 2.07. The lowest BCUT2D eigenvalue weighted by atomic mass is 10.1. The molecule has 0 radical (unpaired) electrons. The zero-order chi connectivity index (χ0) is 14.2. The number of nitrogens with zero attached hydrogens (tertiary/aromatic N) is 3. The maximum atomic E-state index is 5.92. The van der Waals surface area contributed by atoms with Crippen LogP contribution in [0.1, 0.15) is 6.42 Å². The van der Waals surface area contributed by atoms with E-state index in [2.05, 4.69) is 15.1 Å². The van der Waals surface area contributed by atoms with Crippen molar-refractivity contribution >= 4 is 5.82 Å². The molecule has 1 saturated heterocycles. The molecular formula is C15H16N4O2. The van der Waals surface area contributed by atoms with Crippen molar-refractivity contribution in [3.63, 3.8) is 0 Å². The van der Waals surface area contributed by atoms with E-state index >= 15 is 0 Å². The second-order valence-corrected chi connectivity index (χ2v) is 5.34. The van der Waals surface area contributed by atoms with Crippen LogP contribution >= 0.6 is 0 Å². The van der Waals surface area contributed by atoms with E-state index in [0.717, 1.165) is 48.1 Å². The molecule has 2 aliphatic rings. The third-order valence-corrected chi connectivity index (χ3v) is 3.87. The smallest absolute Gasteiger partial charge is 0.231 e. The first-order valence-electron chi connectivity index (χ1n) is 7.04. The Bertz CT molecular complexity index is 659. The number of anilines is 1. The van der Waals surface area contributed by atoms with E-state index in [-0.39, 0.29) is 12.8 Å². The number of nitrogens with two attached hydrogens (primary N) is 1. The van der Waals surface area contributed by atoms with Gasteiger partial charge in [0.15, 0.2) is 17.3 Å². The van der Waals surface area contributed by atoms with Crippen LogP contribution in [0.4, 0.5) is 5.82 Å². The van der Waals surface area contributed by atoms with Crippen LogP contribution in [0, 0.1) is 0 Å². The Hall–Kier alpha value is -2.34. The molecule has 1 aromatic carbocycles. The summed E-state index contributed by atoms with van der Waals surface area (Å²) >= 11 is 0. The van der Waals surface area contributed by atoms with E-state index in [0.29, 0.717) is 0 Å². The quantitative estimate of drug-likeness (QED) is 0.899. The number of benzene rings is 1. The van der Waals surface area contributed by atoms with E-state index in [1.165, 1.54) is 0 Å². The number of fused-ring (bicyclic) bond motifs is 1. The molecule has 0 amide bonds. The van der Waals surface area contributed by atoms with Gasteiger partial charge in [-0.1, -0.05) is 0 Å². The highest BCUT2D eigenvalue weighted by Gasteiger charge is 2.20. The van der Waals surface area contributed by atoms with Crippen LogP contribution in [0.3, 0.4) is 0 Å². The van der Waals surface area contributed by atoms with Crippen LogP contribution in [0.2, 0.25) is 0 Å². The van der Waals surface area contributed by atoms with Crippen molar-refractivity contribution in [3.05, 3.63) is 30.3 Å². The molecule has 1 unspecified atom stereocenters. The van der Waals surface area contributed by atoms with Gasteiger partial charge in [0.25, 0.3) is 0 Å². The number of rotatable bonds is 2. The monoisotopic (exact) mass is 284 g/mol. The average Bonchev–Trinajstić information content (AvgIpc) is 3.15. The van der Waals surface area contributed by atoms with Crippen LogP contribution < -0.4 is 20.1 Å². The SMILES string of the molecule is NC1CCN(c2ccc(-c3ccc4c(c3)OCO4)nn2)C1. The Morgan fingerprint density at radius 1 is 1.10 bits per heavy atom. The van der Waals surface area contributed by atoms with Gasteiger partial charge in [0.1, 0.15) is 0 Å². The van der Waals surface area contributed by atoms with Crippen molar-refractivity contribution in [1.82, 2.24) is 10.2 Å². The summed E-state index contributed by atoms with van der Waals surface area (Å²) < 4.78 is 10.7. The van der Waals surface area contributed by atoms with Crippen molar-refractivity contribution in [3.8, 4) is 22.8 Å². The molecule has 3 heterocycles. The summed E-state index contributed by atoms with van der Waals surface area (Å²) in [7, 11) is 0. The second kappa shape index (κ2) is 4.89. The molecule has 4 rings (SSSR count). The van der Waals surface area contributed by atoms with Gasteiger partial charge in [-0.25, -0.2) is 0 Å². The van der Waals surface area contributed by atoms with E-state index in [9.17, 15) is 0 Å². The van der Waals surface area contributed by atoms with Gasteiger partial charge in [0.2, 0.25) is 6.79 Å². The molecular weight excluding hydrogens is 268 g/mol. The topological polar surface area (TPSA) is 73.5 Å². The molecule has 2 N–H and O–H groups in total. The van der Waals surface area contributed by atoms with Gasteiger partial charge in [0, 0.05) is 24.7 Å². The zero-order valence-corrected chi connectivity index (χ0v) is 11.5. The van der Waals surface area contributed by atoms with Crippen LogP contribution in [0.15, 0.2) is 30.3 Å². The molecule has 6 heteroatoms. The summed E-state index contributed by atoms with van der Waals surface area (Å²) in [5, 5.41) is 8.63. The molecule has 2 aromatic rings. The van der Waals surface area contributed by atoms with Gasteiger partial charge in [-0.2, -0.15) is 0 Å². The summed E-state index contributed by atoms with van der Waals surface area (Å²) in [6.07, 6.45) is 1.01. The van der Waals surface area contributed by atoms with Gasteiger partial charge < -0.3 is 20.1 Å². The molecule has 21 heavy (non-hydrogen) atoms. The maximum absolute atomic E-state index is 5.92. The maximum Gasteiger partial charge on any atom is 0.231 e. The third kappa shape index (κ3) is 2.27. The van der Waals surface area contributed by atoms with Gasteiger partial charge in [0.05, 0.1) is 5.69 Å². The highest BCUT2D eigenvalue weighted by atomic mass is 16.7. The van der Waals surface area contributed by atoms with Crippen molar-refractivity contribution in [2.24, 2.45) is 5.73 Å². The number of aromatic nitrogens is 2. The van der Waals surface area contributed by atoms with Gasteiger partial charge in [-0.05, 0) is 36.8 Å². The van der Waals surface area contributed by atoms with Crippen LogP contribution in [0.5, 0.6) is 11.5 Å². The highest BCUT2D eigenvalue weighted by Crippen LogP contribution is 2.35. The van der Waals surface area contributed by atoms with Gasteiger partial charge in [-0.15, -0.1) is 10.2 Å². The van der Waals surface area contributed by atoms with Gasteiger partial charge in [-0.3, -0.25) is 0 Å². The molecule has 0 aliphatic carbocycles. The fraction of sp³-hybridized carbons (Fsp3) is 0.333. The standard InChI is InChI=1S/C15H16N4O2/c16-11-5-6-19(8-11)15-4-2-12(17-18-15)10-1-3-13-14(7-10)21-9-20-13/h1-4,7,11H,5-6,8-9,16H2. The van der Waals surface area contributed by atoms with Crippen LogP contribution in [0.25, 0.3) is 11.3 Å². The summed E-state index contributed by atoms with van der Waals surface area (Å²) in [5.74, 6) is 2.41. The van der Waals surface area contributed by atoms with E-state index in [4.69, 9.17) is 15.2 Å². The molecule has 1 fully saturated rings. The molecule has 0 saturated carbocycles. The number of hydrogen-bond acceptors (Lipinski definition) is 6. The molecule has 0 bridgehead atoms. The molecule has 1 aromatic heterocycles. The molecule has 1 atom stereocenters. The minimum atomic E-state index is 0.236. The largest absolute Gasteiger partial charge is 0.454 e. The summed E-state index contributed by atoms with van der Waals surface area (Å²) in [4.78, 5) is 2.17. The van der Waals surface area contributed by atoms with E-state index in [1.807, 2.05) is 30.3 Å². The predicted molar refractivity (Wildman–Crippen MR) is 78.4 cm³/mol. The van der Waals surface area contributed by atoms with Crippen LogP contribution in [-0.2, 0) is 0 Å². The second-order valence-electron chi connectivity index (χ2n) is 5.34. The fourth-order valence-electron chi connectivity index (χ4n) is 2.70. The van der Waals surface area contributed by atoms with E-state index < -0.39 is 0 Å². The third-order valence-electron chi connectivity index (χ3n) is 3.87. The summed E-state index contributed by atoms with van der Waals surface area (Å²) in [6, 6.07) is 9.99. The Labute approximate surface area is 122 Å². The lowest BCUT2D eigenvalue weighted by Crippen LogP contribution is -2.27. The Morgan fingerprint density at radius 2 is 2.00 bits per heavy atom. The van der Waals surface area contributed by atoms with Crippen LogP contribution in [-0.4, -0.2) is 36.1 Å². The van der Waals surface area contributed by atoms with Gasteiger partial charge >= 0.3 is 0 Å². The highest BCUT2D eigenvalue weighted by molar-refractivity contribution is 5.64. The number of hydrogen-bond donors (Lipinski definition) is 1. The predicted octanol–water partition coefficient (Wildman–Crippen LogP) is 1.41.